The Balaban J connectivity index is 1.24. The van der Waals surface area contributed by atoms with Crippen molar-refractivity contribution in [3.63, 3.8) is 0 Å². The lowest BCUT2D eigenvalue weighted by molar-refractivity contribution is -0.131. The molecule has 0 bridgehead atoms. The minimum absolute atomic E-state index is 0.221. The number of carbonyl (C=O) groups is 1. The van der Waals surface area contributed by atoms with Crippen LogP contribution in [0.2, 0.25) is 0 Å². The van der Waals surface area contributed by atoms with Crippen molar-refractivity contribution in [3.8, 4) is 17.2 Å². The van der Waals surface area contributed by atoms with Crippen LogP contribution in [0.1, 0.15) is 40.2 Å². The lowest BCUT2D eigenvalue weighted by atomic mass is 9.76. The van der Waals surface area contributed by atoms with Crippen LogP contribution in [0.5, 0.6) is 17.2 Å². The topological polar surface area (TPSA) is 60.0 Å². The van der Waals surface area contributed by atoms with E-state index in [0.29, 0.717) is 18.9 Å². The van der Waals surface area contributed by atoms with E-state index in [-0.39, 0.29) is 5.91 Å². The van der Waals surface area contributed by atoms with E-state index in [0.717, 1.165) is 56.1 Å². The largest absolute Gasteiger partial charge is 0.496 e. The zero-order chi connectivity index (χ0) is 22.7. The second kappa shape index (κ2) is 9.82. The fourth-order valence-electron chi connectivity index (χ4n) is 4.89. The number of hydrogen-bond donors (Lipinski definition) is 1. The number of rotatable bonds is 8. The predicted molar refractivity (Wildman–Crippen MR) is 125 cm³/mol. The van der Waals surface area contributed by atoms with Crippen molar-refractivity contribution in [1.82, 2.24) is 10.2 Å². The molecule has 0 spiro atoms. The molecule has 1 atom stereocenters. The van der Waals surface area contributed by atoms with Gasteiger partial charge in [-0.3, -0.25) is 4.79 Å². The van der Waals surface area contributed by atoms with Gasteiger partial charge in [0, 0.05) is 38.5 Å². The Kier molecular flexibility index (Phi) is 6.89. The molecule has 0 saturated carbocycles. The van der Waals surface area contributed by atoms with Gasteiger partial charge in [-0.25, -0.2) is 0 Å². The number of aryl methyl sites for hydroxylation is 1. The Morgan fingerprint density at radius 1 is 0.938 bits per heavy atom. The molecule has 0 saturated heterocycles. The van der Waals surface area contributed by atoms with Gasteiger partial charge in [-0.05, 0) is 72.2 Å². The van der Waals surface area contributed by atoms with Gasteiger partial charge >= 0.3 is 0 Å². The van der Waals surface area contributed by atoms with Crippen LogP contribution in [-0.4, -0.2) is 58.3 Å². The van der Waals surface area contributed by atoms with E-state index in [4.69, 9.17) is 14.2 Å². The molecule has 6 nitrogen and oxygen atoms in total. The maximum atomic E-state index is 12.8. The van der Waals surface area contributed by atoms with Crippen molar-refractivity contribution < 1.29 is 19.0 Å². The zero-order valence-electron chi connectivity index (χ0n) is 19.6. The summed E-state index contributed by atoms with van der Waals surface area (Å²) in [7, 11) is 5.04. The van der Waals surface area contributed by atoms with E-state index >= 15 is 0 Å². The van der Waals surface area contributed by atoms with Crippen molar-refractivity contribution in [2.24, 2.45) is 0 Å². The summed E-state index contributed by atoms with van der Waals surface area (Å²) in [6.45, 7) is 5.21. The van der Waals surface area contributed by atoms with Crippen molar-refractivity contribution in [2.75, 3.05) is 47.5 Å². The average Bonchev–Trinajstić information content (AvgIpc) is 3.01. The SMILES string of the molecule is COc1cc2c(cc1C)C(CNCCC(=O)N1CCc3cc(OC)c(OC)cc3CC1)C2. The Hall–Kier alpha value is -2.73. The molecular formula is C26H34N2O4. The van der Waals surface area contributed by atoms with Crippen LogP contribution < -0.4 is 19.5 Å². The molecule has 0 radical (unpaired) electrons. The maximum Gasteiger partial charge on any atom is 0.223 e. The molecule has 4 rings (SSSR count). The molecule has 1 aliphatic carbocycles. The summed E-state index contributed by atoms with van der Waals surface area (Å²) in [6, 6.07) is 8.51. The van der Waals surface area contributed by atoms with Gasteiger partial charge < -0.3 is 24.4 Å². The van der Waals surface area contributed by atoms with Crippen LogP contribution >= 0.6 is 0 Å². The summed E-state index contributed by atoms with van der Waals surface area (Å²) in [5, 5.41) is 3.50. The highest BCUT2D eigenvalue weighted by Crippen LogP contribution is 2.38. The molecule has 2 aromatic rings. The Labute approximate surface area is 190 Å². The lowest BCUT2D eigenvalue weighted by Gasteiger charge is -2.31. The van der Waals surface area contributed by atoms with Gasteiger partial charge in [0.2, 0.25) is 5.91 Å². The number of nitrogens with zero attached hydrogens (tertiary/aromatic N) is 1. The lowest BCUT2D eigenvalue weighted by Crippen LogP contribution is -2.36. The van der Waals surface area contributed by atoms with E-state index in [1.54, 1.807) is 21.3 Å². The van der Waals surface area contributed by atoms with E-state index in [1.807, 2.05) is 4.90 Å². The zero-order valence-corrected chi connectivity index (χ0v) is 19.6. The molecule has 32 heavy (non-hydrogen) atoms. The third kappa shape index (κ3) is 4.56. The van der Waals surface area contributed by atoms with E-state index in [9.17, 15) is 4.79 Å². The summed E-state index contributed by atoms with van der Waals surface area (Å²) < 4.78 is 16.3. The number of carbonyl (C=O) groups excluding carboxylic acids is 1. The molecule has 0 aromatic heterocycles. The Bertz CT molecular complexity index is 953. The van der Waals surface area contributed by atoms with Crippen LogP contribution in [0.25, 0.3) is 0 Å². The minimum Gasteiger partial charge on any atom is -0.496 e. The summed E-state index contributed by atoms with van der Waals surface area (Å²) in [6.07, 6.45) is 3.29. The van der Waals surface area contributed by atoms with Gasteiger partial charge in [-0.2, -0.15) is 0 Å². The summed E-state index contributed by atoms with van der Waals surface area (Å²) >= 11 is 0. The molecule has 0 fully saturated rings. The third-order valence-corrected chi connectivity index (χ3v) is 6.83. The fraction of sp³-hybridized carbons (Fsp3) is 0.500. The van der Waals surface area contributed by atoms with Crippen LogP contribution in [0.3, 0.4) is 0 Å². The molecule has 172 valence electrons. The number of nitrogens with one attached hydrogen (secondary N) is 1. The molecule has 6 heteroatoms. The van der Waals surface area contributed by atoms with Crippen LogP contribution in [0, 0.1) is 6.92 Å². The highest BCUT2D eigenvalue weighted by molar-refractivity contribution is 5.76. The van der Waals surface area contributed by atoms with E-state index < -0.39 is 0 Å². The second-order valence-corrected chi connectivity index (χ2v) is 8.73. The monoisotopic (exact) mass is 438 g/mol. The highest BCUT2D eigenvalue weighted by Gasteiger charge is 2.27. The molecule has 1 heterocycles. The molecule has 2 aromatic carbocycles. The number of hydrogen-bond acceptors (Lipinski definition) is 5. The normalized spacial score (nSPS) is 17.0. The Morgan fingerprint density at radius 2 is 1.53 bits per heavy atom. The van der Waals surface area contributed by atoms with Crippen molar-refractivity contribution in [2.45, 2.75) is 38.5 Å². The first-order chi connectivity index (χ1) is 15.5. The summed E-state index contributed by atoms with van der Waals surface area (Å²) in [5.41, 5.74) is 6.47. The predicted octanol–water partition coefficient (Wildman–Crippen LogP) is 3.27. The van der Waals surface area contributed by atoms with Gasteiger partial charge in [0.05, 0.1) is 21.3 Å². The first kappa shape index (κ1) is 22.5. The number of amides is 1. The van der Waals surface area contributed by atoms with E-state index in [1.165, 1.54) is 27.8 Å². The van der Waals surface area contributed by atoms with E-state index in [2.05, 4.69) is 36.5 Å². The number of methoxy groups -OCH3 is 3. The summed E-state index contributed by atoms with van der Waals surface area (Å²) in [5.74, 6) is 3.22. The van der Waals surface area contributed by atoms with Gasteiger partial charge in [-0.15, -0.1) is 0 Å². The van der Waals surface area contributed by atoms with Crippen LogP contribution in [0.15, 0.2) is 24.3 Å². The minimum atomic E-state index is 0.221. The number of fused-ring (bicyclic) bond motifs is 2. The molecule has 1 unspecified atom stereocenters. The van der Waals surface area contributed by atoms with Gasteiger partial charge in [0.15, 0.2) is 11.5 Å². The average molecular weight is 439 g/mol. The maximum absolute atomic E-state index is 12.8. The standard InChI is InChI=1S/C26H34N2O4/c1-17-11-22-20(15-23(17)30-2)12-21(22)16-27-8-5-26(29)28-9-6-18-13-24(31-3)25(32-4)14-19(18)7-10-28/h11,13-15,21,27H,5-10,12,16H2,1-4H3. The van der Waals surface area contributed by atoms with Crippen LogP contribution in [-0.2, 0) is 24.1 Å². The molecule has 2 aliphatic rings. The van der Waals surface area contributed by atoms with Crippen molar-refractivity contribution in [1.29, 1.82) is 0 Å². The van der Waals surface area contributed by atoms with Crippen molar-refractivity contribution in [3.05, 3.63) is 52.1 Å². The highest BCUT2D eigenvalue weighted by atomic mass is 16.5. The first-order valence-electron chi connectivity index (χ1n) is 11.4. The molecule has 1 N–H and O–H groups in total. The van der Waals surface area contributed by atoms with Gasteiger partial charge in [0.25, 0.3) is 0 Å². The third-order valence-electron chi connectivity index (χ3n) is 6.83. The van der Waals surface area contributed by atoms with Crippen molar-refractivity contribution >= 4 is 5.91 Å². The number of benzene rings is 2. The molecular weight excluding hydrogens is 404 g/mol. The second-order valence-electron chi connectivity index (χ2n) is 8.73. The Morgan fingerprint density at radius 3 is 2.12 bits per heavy atom. The van der Waals surface area contributed by atoms with Gasteiger partial charge in [-0.1, -0.05) is 6.07 Å². The summed E-state index contributed by atoms with van der Waals surface area (Å²) in [4.78, 5) is 14.8. The molecule has 1 aliphatic heterocycles. The van der Waals surface area contributed by atoms with Crippen LogP contribution in [0.4, 0.5) is 0 Å². The first-order valence-corrected chi connectivity index (χ1v) is 11.4. The fourth-order valence-corrected chi connectivity index (χ4v) is 4.89. The smallest absolute Gasteiger partial charge is 0.223 e. The van der Waals surface area contributed by atoms with Gasteiger partial charge in [0.1, 0.15) is 5.75 Å². The molecule has 1 amide bonds. The quantitative estimate of drug-likeness (QED) is 0.641. The number of ether oxygens (including phenoxy) is 3.